The largest absolute Gasteiger partial charge is 0.462 e. The number of carbonyl (C=O) groups is 3. The average Bonchev–Trinajstić information content (AvgIpc) is 3.34. The van der Waals surface area contributed by atoms with Crippen LogP contribution in [-0.2, 0) is 28.6 Å². The van der Waals surface area contributed by atoms with Gasteiger partial charge in [-0.05, 0) is 103 Å². The van der Waals surface area contributed by atoms with Crippen LogP contribution in [0.25, 0.3) is 0 Å². The van der Waals surface area contributed by atoms with Gasteiger partial charge in [-0.2, -0.15) is 0 Å². The minimum Gasteiger partial charge on any atom is -0.462 e. The number of rotatable bonds is 53. The number of hydrogen-bond acceptors (Lipinski definition) is 6. The van der Waals surface area contributed by atoms with Gasteiger partial charge in [0.25, 0.3) is 0 Å². The second kappa shape index (κ2) is 56.7. The Hall–Kier alpha value is -2.89. The highest BCUT2D eigenvalue weighted by atomic mass is 16.6. The molecule has 0 aliphatic heterocycles. The Bertz CT molecular complexity index is 1230. The molecule has 394 valence electrons. The third-order valence-corrected chi connectivity index (χ3v) is 12.7. The molecule has 0 aromatic heterocycles. The van der Waals surface area contributed by atoms with Crippen LogP contribution in [0.3, 0.4) is 0 Å². The maximum Gasteiger partial charge on any atom is 0.306 e. The second-order valence-corrected chi connectivity index (χ2v) is 19.5. The number of ether oxygens (including phenoxy) is 3. The van der Waals surface area contributed by atoms with Gasteiger partial charge in [-0.25, -0.2) is 0 Å². The lowest BCUT2D eigenvalue weighted by Gasteiger charge is -2.18. The lowest BCUT2D eigenvalue weighted by molar-refractivity contribution is -0.167. The lowest BCUT2D eigenvalue weighted by atomic mass is 10.1. The monoisotopic (exact) mass is 951 g/mol. The fraction of sp³-hybridized carbons (Fsp3) is 0.790. The molecular weight excluding hydrogens is 841 g/mol. The van der Waals surface area contributed by atoms with Gasteiger partial charge < -0.3 is 14.2 Å². The quantitative estimate of drug-likeness (QED) is 0.0262. The summed E-state index contributed by atoms with van der Waals surface area (Å²) in [5.41, 5.74) is 0. The third kappa shape index (κ3) is 54.1. The third-order valence-electron chi connectivity index (χ3n) is 12.7. The van der Waals surface area contributed by atoms with Crippen molar-refractivity contribution in [3.8, 4) is 0 Å². The molecule has 0 heterocycles. The van der Waals surface area contributed by atoms with E-state index in [9.17, 15) is 14.4 Å². The van der Waals surface area contributed by atoms with Crippen LogP contribution in [0.1, 0.15) is 297 Å². The summed E-state index contributed by atoms with van der Waals surface area (Å²) in [5.74, 6) is -0.899. The Labute approximate surface area is 421 Å². The maximum absolute atomic E-state index is 12.9. The smallest absolute Gasteiger partial charge is 0.306 e. The molecule has 0 fully saturated rings. The van der Waals surface area contributed by atoms with Crippen molar-refractivity contribution in [1.82, 2.24) is 0 Å². The van der Waals surface area contributed by atoms with E-state index >= 15 is 0 Å². The van der Waals surface area contributed by atoms with E-state index in [1.807, 2.05) is 0 Å². The zero-order chi connectivity index (χ0) is 49.3. The van der Waals surface area contributed by atoms with Gasteiger partial charge in [-0.3, -0.25) is 14.4 Å². The second-order valence-electron chi connectivity index (χ2n) is 19.5. The van der Waals surface area contributed by atoms with Crippen molar-refractivity contribution < 1.29 is 28.6 Å². The van der Waals surface area contributed by atoms with Crippen molar-refractivity contribution in [2.24, 2.45) is 0 Å². The van der Waals surface area contributed by atoms with Crippen LogP contribution in [0.5, 0.6) is 0 Å². The number of unbranched alkanes of at least 4 members (excludes halogenated alkanes) is 32. The molecule has 0 saturated heterocycles. The Morgan fingerprint density at radius 3 is 0.882 bits per heavy atom. The van der Waals surface area contributed by atoms with Crippen molar-refractivity contribution in [3.63, 3.8) is 0 Å². The highest BCUT2D eigenvalue weighted by Crippen LogP contribution is 2.15. The van der Waals surface area contributed by atoms with Crippen LogP contribution in [0.4, 0.5) is 0 Å². The first kappa shape index (κ1) is 65.1. The van der Waals surface area contributed by atoms with Crippen LogP contribution < -0.4 is 0 Å². The first-order valence-electron chi connectivity index (χ1n) is 29.3. The van der Waals surface area contributed by atoms with E-state index in [4.69, 9.17) is 14.2 Å². The van der Waals surface area contributed by atoms with E-state index < -0.39 is 6.10 Å². The summed E-state index contributed by atoms with van der Waals surface area (Å²) >= 11 is 0. The SMILES string of the molecule is CCCC/C=C\C/C=C\CCCCCCCC(=O)OCC(COC(=O)CCCCCCCCC/C=C\C/C=C\CCCCCC)OC(=O)CCCCCCCCC/C=C\CCCCCCCCC. The van der Waals surface area contributed by atoms with E-state index in [0.717, 1.165) is 89.9 Å². The average molecular weight is 952 g/mol. The molecule has 0 saturated carbocycles. The van der Waals surface area contributed by atoms with Gasteiger partial charge in [-0.15, -0.1) is 0 Å². The topological polar surface area (TPSA) is 78.9 Å². The molecular formula is C62H110O6. The highest BCUT2D eigenvalue weighted by molar-refractivity contribution is 5.71. The molecule has 0 bridgehead atoms. The normalized spacial score (nSPS) is 12.5. The summed E-state index contributed by atoms with van der Waals surface area (Å²) in [4.78, 5) is 38.2. The molecule has 0 spiro atoms. The van der Waals surface area contributed by atoms with Crippen molar-refractivity contribution in [1.29, 1.82) is 0 Å². The Balaban J connectivity index is 4.39. The molecule has 0 amide bonds. The molecule has 0 aromatic rings. The van der Waals surface area contributed by atoms with Crippen molar-refractivity contribution in [2.75, 3.05) is 13.2 Å². The number of hydrogen-bond donors (Lipinski definition) is 0. The minimum atomic E-state index is -0.786. The van der Waals surface area contributed by atoms with E-state index in [0.29, 0.717) is 19.3 Å². The molecule has 1 atom stereocenters. The van der Waals surface area contributed by atoms with Gasteiger partial charge in [0.2, 0.25) is 0 Å². The predicted molar refractivity (Wildman–Crippen MR) is 293 cm³/mol. The van der Waals surface area contributed by atoms with E-state index in [2.05, 4.69) is 81.5 Å². The van der Waals surface area contributed by atoms with Crippen LogP contribution in [0.15, 0.2) is 60.8 Å². The zero-order valence-corrected chi connectivity index (χ0v) is 45.1. The molecule has 1 unspecified atom stereocenters. The van der Waals surface area contributed by atoms with Crippen LogP contribution in [0.2, 0.25) is 0 Å². The van der Waals surface area contributed by atoms with Crippen molar-refractivity contribution >= 4 is 17.9 Å². The summed E-state index contributed by atoms with van der Waals surface area (Å²) in [6, 6.07) is 0. The summed E-state index contributed by atoms with van der Waals surface area (Å²) in [7, 11) is 0. The summed E-state index contributed by atoms with van der Waals surface area (Å²) < 4.78 is 16.9. The molecule has 0 aliphatic rings. The minimum absolute atomic E-state index is 0.0838. The fourth-order valence-corrected chi connectivity index (χ4v) is 8.25. The molecule has 0 aliphatic carbocycles. The van der Waals surface area contributed by atoms with Crippen LogP contribution in [-0.4, -0.2) is 37.2 Å². The van der Waals surface area contributed by atoms with Gasteiger partial charge in [0.05, 0.1) is 0 Å². The molecule has 0 radical (unpaired) electrons. The van der Waals surface area contributed by atoms with Gasteiger partial charge in [0.1, 0.15) is 13.2 Å². The first-order valence-corrected chi connectivity index (χ1v) is 29.3. The maximum atomic E-state index is 12.9. The van der Waals surface area contributed by atoms with Gasteiger partial charge in [0.15, 0.2) is 6.10 Å². The van der Waals surface area contributed by atoms with Gasteiger partial charge in [-0.1, -0.05) is 236 Å². The van der Waals surface area contributed by atoms with E-state index in [1.54, 1.807) is 0 Å². The highest BCUT2D eigenvalue weighted by Gasteiger charge is 2.19. The standard InChI is InChI=1S/C62H110O6/c1-4-7-10-13-16-19-22-25-28-30-32-34-37-40-43-46-49-52-55-61(64)67-58-59(57-66-60(63)54-51-48-45-42-39-36-27-24-21-18-15-12-9-6-3)68-62(65)56-53-50-47-44-41-38-35-33-31-29-26-23-20-17-14-11-8-5-2/h15,18-19,22,24,27-31,59H,4-14,16-17,20-21,23,25-26,32-58H2,1-3H3/b18-15-,22-19-,27-24-,30-28-,31-29-. The van der Waals surface area contributed by atoms with E-state index in [-0.39, 0.29) is 31.1 Å². The number of carbonyl (C=O) groups excluding carboxylic acids is 3. The van der Waals surface area contributed by atoms with Crippen LogP contribution in [0, 0.1) is 0 Å². The summed E-state index contributed by atoms with van der Waals surface area (Å²) in [6.45, 7) is 6.58. The molecule has 0 aromatic carbocycles. The first-order chi connectivity index (χ1) is 33.5. The van der Waals surface area contributed by atoms with E-state index in [1.165, 1.54) is 167 Å². The van der Waals surface area contributed by atoms with Crippen LogP contribution >= 0.6 is 0 Å². The van der Waals surface area contributed by atoms with Gasteiger partial charge >= 0.3 is 17.9 Å². The predicted octanol–water partition coefficient (Wildman–Crippen LogP) is 19.6. The zero-order valence-electron chi connectivity index (χ0n) is 45.1. The molecule has 6 nitrogen and oxygen atoms in total. The van der Waals surface area contributed by atoms with Gasteiger partial charge in [0, 0.05) is 19.3 Å². The number of esters is 3. The summed E-state index contributed by atoms with van der Waals surface area (Å²) in [5, 5.41) is 0. The molecule has 68 heavy (non-hydrogen) atoms. The Morgan fingerprint density at radius 1 is 0.294 bits per heavy atom. The lowest BCUT2D eigenvalue weighted by Crippen LogP contribution is -2.30. The Kier molecular flexibility index (Phi) is 54.3. The fourth-order valence-electron chi connectivity index (χ4n) is 8.25. The van der Waals surface area contributed by atoms with Crippen molar-refractivity contribution in [3.05, 3.63) is 60.8 Å². The molecule has 6 heteroatoms. The number of allylic oxidation sites excluding steroid dienone is 10. The van der Waals surface area contributed by atoms with Crippen molar-refractivity contribution in [2.45, 2.75) is 303 Å². The molecule has 0 rings (SSSR count). The summed E-state index contributed by atoms with van der Waals surface area (Å²) in [6.07, 6.45) is 70.6. The molecule has 0 N–H and O–H groups in total. The Morgan fingerprint density at radius 2 is 0.544 bits per heavy atom.